The highest BCUT2D eigenvalue weighted by Gasteiger charge is 2.39. The molecule has 1 unspecified atom stereocenters. The van der Waals surface area contributed by atoms with Crippen LogP contribution in [0.3, 0.4) is 0 Å². The third-order valence-corrected chi connectivity index (χ3v) is 6.33. The molecule has 2 N–H and O–H groups in total. The van der Waals surface area contributed by atoms with Crippen molar-refractivity contribution in [1.82, 2.24) is 14.9 Å². The van der Waals surface area contributed by atoms with Crippen molar-refractivity contribution >= 4 is 57.4 Å². The maximum atomic E-state index is 12.7. The van der Waals surface area contributed by atoms with Crippen LogP contribution >= 0.6 is 11.6 Å². The Hall–Kier alpha value is -3.07. The average Bonchev–Trinajstić information content (AvgIpc) is 3.08. The molecule has 3 heterocycles. The number of carbonyl (C=O) groups is 2. The van der Waals surface area contributed by atoms with Crippen molar-refractivity contribution in [2.45, 2.75) is 47.6 Å². The lowest BCUT2D eigenvalue weighted by atomic mass is 9.84. The number of nitrogens with zero attached hydrogens (tertiary/aromatic N) is 4. The van der Waals surface area contributed by atoms with E-state index in [9.17, 15) is 14.7 Å². The van der Waals surface area contributed by atoms with E-state index in [-0.39, 0.29) is 23.3 Å². The van der Waals surface area contributed by atoms with Gasteiger partial charge >= 0.3 is 6.09 Å². The largest absolute Gasteiger partial charge is 0.465 e. The molecule has 1 saturated heterocycles. The first-order chi connectivity index (χ1) is 15.8. The minimum Gasteiger partial charge on any atom is -0.465 e. The van der Waals surface area contributed by atoms with Crippen molar-refractivity contribution in [3.63, 3.8) is 0 Å². The molecule has 1 aromatic carbocycles. The summed E-state index contributed by atoms with van der Waals surface area (Å²) in [5.41, 5.74) is 0.674. The normalized spacial score (nSPS) is 17.4. The van der Waals surface area contributed by atoms with Gasteiger partial charge in [-0.05, 0) is 17.5 Å². The molecule has 0 aliphatic carbocycles. The van der Waals surface area contributed by atoms with E-state index >= 15 is 0 Å². The van der Waals surface area contributed by atoms with Gasteiger partial charge in [0.2, 0.25) is 11.9 Å². The van der Waals surface area contributed by atoms with Gasteiger partial charge < -0.3 is 19.3 Å². The zero-order valence-corrected chi connectivity index (χ0v) is 21.0. The Morgan fingerprint density at radius 2 is 1.85 bits per heavy atom. The fourth-order valence-electron chi connectivity index (χ4n) is 4.11. The van der Waals surface area contributed by atoms with Gasteiger partial charge in [0.25, 0.3) is 0 Å². The molecule has 0 saturated carbocycles. The van der Waals surface area contributed by atoms with Crippen LogP contribution in [0.1, 0.15) is 41.5 Å². The molecular weight excluding hydrogens is 458 g/mol. The summed E-state index contributed by atoms with van der Waals surface area (Å²) in [5, 5.41) is 13.9. The molecule has 1 aliphatic heterocycles. The van der Waals surface area contributed by atoms with Crippen molar-refractivity contribution in [3.8, 4) is 0 Å². The lowest BCUT2D eigenvalue weighted by Crippen LogP contribution is -2.59. The van der Waals surface area contributed by atoms with Gasteiger partial charge in [-0.3, -0.25) is 10.1 Å². The highest BCUT2D eigenvalue weighted by Crippen LogP contribution is 2.37. The van der Waals surface area contributed by atoms with E-state index in [4.69, 9.17) is 16.0 Å². The maximum Gasteiger partial charge on any atom is 0.407 e. The topological polar surface area (TPSA) is 112 Å². The van der Waals surface area contributed by atoms with E-state index in [1.807, 2.05) is 52.5 Å². The SMILES string of the molecule is CC(C)(C)C(=O)Nc1nc(N2CCN(C(=O)O)C(C(C)(C)C)C2)c2oc3cc(Cl)ccc3c2n1. The number of nitrogens with one attached hydrogen (secondary N) is 1. The molecule has 1 atom stereocenters. The fraction of sp³-hybridized carbons (Fsp3) is 0.500. The number of halogens is 1. The van der Waals surface area contributed by atoms with E-state index in [0.29, 0.717) is 47.2 Å². The van der Waals surface area contributed by atoms with Crippen LogP contribution in [0.5, 0.6) is 0 Å². The molecule has 182 valence electrons. The van der Waals surface area contributed by atoms with Crippen LogP contribution in [0.25, 0.3) is 22.1 Å². The third-order valence-electron chi connectivity index (χ3n) is 6.09. The first-order valence-electron chi connectivity index (χ1n) is 11.2. The Morgan fingerprint density at radius 3 is 2.47 bits per heavy atom. The Balaban J connectivity index is 1.85. The summed E-state index contributed by atoms with van der Waals surface area (Å²) in [4.78, 5) is 37.3. The molecule has 1 aliphatic rings. The molecule has 3 aromatic rings. The van der Waals surface area contributed by atoms with Gasteiger partial charge in [0.15, 0.2) is 11.4 Å². The van der Waals surface area contributed by atoms with E-state index in [1.165, 1.54) is 4.90 Å². The molecular formula is C24H30ClN5O4. The molecule has 0 bridgehead atoms. The second kappa shape index (κ2) is 8.30. The Morgan fingerprint density at radius 1 is 1.15 bits per heavy atom. The van der Waals surface area contributed by atoms with Crippen molar-refractivity contribution in [1.29, 1.82) is 0 Å². The van der Waals surface area contributed by atoms with Gasteiger partial charge in [-0.1, -0.05) is 53.1 Å². The molecule has 10 heteroatoms. The number of anilines is 2. The number of rotatable bonds is 2. The predicted molar refractivity (Wildman–Crippen MR) is 133 cm³/mol. The first kappa shape index (κ1) is 24.1. The minimum absolute atomic E-state index is 0.174. The Kier molecular flexibility index (Phi) is 5.88. The summed E-state index contributed by atoms with van der Waals surface area (Å²) in [5.74, 6) is 0.478. The summed E-state index contributed by atoms with van der Waals surface area (Å²) in [7, 11) is 0. The first-order valence-corrected chi connectivity index (χ1v) is 11.6. The summed E-state index contributed by atoms with van der Waals surface area (Å²) < 4.78 is 6.15. The van der Waals surface area contributed by atoms with Gasteiger partial charge in [0, 0.05) is 41.5 Å². The number of aromatic nitrogens is 2. The quantitative estimate of drug-likeness (QED) is 0.509. The molecule has 2 amide bonds. The number of benzene rings is 1. The van der Waals surface area contributed by atoms with Crippen LogP contribution in [-0.4, -0.2) is 57.7 Å². The Bertz CT molecular complexity index is 1270. The number of amides is 2. The van der Waals surface area contributed by atoms with E-state index < -0.39 is 11.5 Å². The van der Waals surface area contributed by atoms with Gasteiger partial charge in [-0.25, -0.2) is 9.78 Å². The molecule has 0 radical (unpaired) electrons. The van der Waals surface area contributed by atoms with Crippen LogP contribution in [-0.2, 0) is 4.79 Å². The number of fused-ring (bicyclic) bond motifs is 3. The zero-order chi connectivity index (χ0) is 25.0. The van der Waals surface area contributed by atoms with Crippen molar-refractivity contribution in [2.24, 2.45) is 10.8 Å². The molecule has 34 heavy (non-hydrogen) atoms. The van der Waals surface area contributed by atoms with E-state index in [0.717, 1.165) is 5.39 Å². The fourth-order valence-corrected chi connectivity index (χ4v) is 4.27. The van der Waals surface area contributed by atoms with Gasteiger partial charge in [-0.2, -0.15) is 4.98 Å². The number of hydrogen-bond acceptors (Lipinski definition) is 6. The highest BCUT2D eigenvalue weighted by atomic mass is 35.5. The van der Waals surface area contributed by atoms with Gasteiger partial charge in [0.1, 0.15) is 11.1 Å². The smallest absolute Gasteiger partial charge is 0.407 e. The van der Waals surface area contributed by atoms with E-state index in [2.05, 4.69) is 15.3 Å². The molecule has 2 aromatic heterocycles. The zero-order valence-electron chi connectivity index (χ0n) is 20.3. The van der Waals surface area contributed by atoms with E-state index in [1.54, 1.807) is 12.1 Å². The summed E-state index contributed by atoms with van der Waals surface area (Å²) in [6.07, 6.45) is -0.941. The molecule has 4 rings (SSSR count). The number of hydrogen-bond donors (Lipinski definition) is 2. The van der Waals surface area contributed by atoms with Crippen LogP contribution in [0.15, 0.2) is 22.6 Å². The van der Waals surface area contributed by atoms with Crippen molar-refractivity contribution in [3.05, 3.63) is 23.2 Å². The lowest BCUT2D eigenvalue weighted by molar-refractivity contribution is -0.123. The second-order valence-corrected chi connectivity index (χ2v) is 11.2. The molecule has 0 spiro atoms. The number of carboxylic acid groups (broad SMARTS) is 1. The molecule has 9 nitrogen and oxygen atoms in total. The van der Waals surface area contributed by atoms with Crippen LogP contribution in [0.2, 0.25) is 5.02 Å². The minimum atomic E-state index is -0.941. The van der Waals surface area contributed by atoms with Crippen molar-refractivity contribution in [2.75, 3.05) is 29.9 Å². The average molecular weight is 488 g/mol. The van der Waals surface area contributed by atoms with Crippen LogP contribution in [0.4, 0.5) is 16.6 Å². The number of furan rings is 1. The van der Waals surface area contributed by atoms with Crippen molar-refractivity contribution < 1.29 is 19.1 Å². The predicted octanol–water partition coefficient (Wildman–Crippen LogP) is 5.23. The number of piperazine rings is 1. The monoisotopic (exact) mass is 487 g/mol. The van der Waals surface area contributed by atoms with Gasteiger partial charge in [0.05, 0.1) is 6.04 Å². The highest BCUT2D eigenvalue weighted by molar-refractivity contribution is 6.31. The van der Waals surface area contributed by atoms with Crippen LogP contribution in [0, 0.1) is 10.8 Å². The van der Waals surface area contributed by atoms with Crippen LogP contribution < -0.4 is 10.2 Å². The van der Waals surface area contributed by atoms with Gasteiger partial charge in [-0.15, -0.1) is 0 Å². The second-order valence-electron chi connectivity index (χ2n) is 10.8. The summed E-state index contributed by atoms with van der Waals surface area (Å²) >= 11 is 6.18. The lowest BCUT2D eigenvalue weighted by Gasteiger charge is -2.46. The maximum absolute atomic E-state index is 12.7. The molecule has 1 fully saturated rings. The third kappa shape index (κ3) is 4.49. The summed E-state index contributed by atoms with van der Waals surface area (Å²) in [6, 6.07) is 5.04. The summed E-state index contributed by atoms with van der Waals surface area (Å²) in [6.45, 7) is 12.7. The Labute approximate surface area is 203 Å². The standard InChI is InChI=1S/C24H30ClN5O4/c1-23(2,3)16-12-29(9-10-30(16)22(32)33)19-18-17(14-8-7-13(25)11-15(14)34-18)26-21(27-19)28-20(31)24(4,5)6/h7-8,11,16H,9-10,12H2,1-6H3,(H,32,33)(H,26,27,28,31). The number of carbonyl (C=O) groups excluding carboxylic acids is 1.